The first-order valence-corrected chi connectivity index (χ1v) is 8.63. The Morgan fingerprint density at radius 3 is 2.03 bits per heavy atom. The van der Waals surface area contributed by atoms with Crippen LogP contribution in [0.3, 0.4) is 0 Å². The van der Waals surface area contributed by atoms with E-state index in [9.17, 15) is 13.6 Å². The molecule has 0 aromatic heterocycles. The Hall–Kier alpha value is -3.23. The summed E-state index contributed by atoms with van der Waals surface area (Å²) in [6.07, 6.45) is 0.403. The first-order chi connectivity index (χ1) is 13.9. The third kappa shape index (κ3) is 5.63. The lowest BCUT2D eigenvalue weighted by Crippen LogP contribution is -2.25. The summed E-state index contributed by atoms with van der Waals surface area (Å²) < 4.78 is 50.2. The molecule has 0 unspecified atom stereocenters. The van der Waals surface area contributed by atoms with Gasteiger partial charge in [-0.1, -0.05) is 6.07 Å². The predicted octanol–water partition coefficient (Wildman–Crippen LogP) is 3.29. The molecule has 0 saturated carbocycles. The van der Waals surface area contributed by atoms with Crippen molar-refractivity contribution in [3.8, 4) is 28.7 Å². The Bertz CT molecular complexity index is 819. The quantitative estimate of drug-likeness (QED) is 0.647. The summed E-state index contributed by atoms with van der Waals surface area (Å²) >= 11 is 0. The number of methoxy groups -OCH3 is 4. The number of hydrogen-bond acceptors (Lipinski definition) is 6. The molecule has 29 heavy (non-hydrogen) atoms. The number of benzene rings is 2. The molecule has 2 aromatic rings. The molecule has 158 valence electrons. The van der Waals surface area contributed by atoms with Crippen LogP contribution < -0.4 is 29.0 Å². The fourth-order valence-corrected chi connectivity index (χ4v) is 2.70. The van der Waals surface area contributed by atoms with E-state index in [4.69, 9.17) is 18.9 Å². The molecule has 1 amide bonds. The van der Waals surface area contributed by atoms with Crippen LogP contribution in [0.25, 0.3) is 0 Å². The number of rotatable bonds is 10. The van der Waals surface area contributed by atoms with Crippen molar-refractivity contribution in [3.05, 3.63) is 41.5 Å². The maximum absolute atomic E-state index is 12.5. The Balaban J connectivity index is 2.06. The van der Waals surface area contributed by atoms with Gasteiger partial charge in [-0.15, -0.1) is 0 Å². The smallest absolute Gasteiger partial charge is 0.387 e. The van der Waals surface area contributed by atoms with E-state index >= 15 is 0 Å². The molecule has 7 nitrogen and oxygen atoms in total. The summed E-state index contributed by atoms with van der Waals surface area (Å²) in [5.74, 6) is 0.909. The number of halogens is 2. The molecule has 1 N–H and O–H groups in total. The Kier molecular flexibility index (Phi) is 7.88. The van der Waals surface area contributed by atoms with Crippen molar-refractivity contribution in [1.29, 1.82) is 0 Å². The van der Waals surface area contributed by atoms with Crippen LogP contribution in [0.4, 0.5) is 8.78 Å². The number of carbonyl (C=O) groups excluding carboxylic acids is 1. The molecule has 0 heterocycles. The van der Waals surface area contributed by atoms with Gasteiger partial charge in [0, 0.05) is 12.1 Å². The Labute approximate surface area is 167 Å². The molecule has 0 bridgehead atoms. The van der Waals surface area contributed by atoms with Crippen LogP contribution in [0.2, 0.25) is 0 Å². The van der Waals surface area contributed by atoms with Crippen LogP contribution in [-0.2, 0) is 6.42 Å². The van der Waals surface area contributed by atoms with Crippen LogP contribution in [0.1, 0.15) is 15.9 Å². The summed E-state index contributed by atoms with van der Waals surface area (Å²) in [6.45, 7) is -2.69. The van der Waals surface area contributed by atoms with E-state index in [2.05, 4.69) is 10.1 Å². The first-order valence-electron chi connectivity index (χ1n) is 8.63. The second-order valence-electron chi connectivity index (χ2n) is 5.78. The lowest BCUT2D eigenvalue weighted by Gasteiger charge is -2.14. The summed E-state index contributed by atoms with van der Waals surface area (Å²) in [5.41, 5.74) is 1.03. The van der Waals surface area contributed by atoms with Crippen LogP contribution >= 0.6 is 0 Å². The Morgan fingerprint density at radius 1 is 0.897 bits per heavy atom. The average Bonchev–Trinajstić information content (AvgIpc) is 2.72. The molecule has 0 radical (unpaired) electrons. The minimum Gasteiger partial charge on any atom is -0.493 e. The average molecular weight is 411 g/mol. The second kappa shape index (κ2) is 10.4. The zero-order valence-electron chi connectivity index (χ0n) is 16.6. The van der Waals surface area contributed by atoms with Gasteiger partial charge in [-0.3, -0.25) is 4.79 Å². The fraction of sp³-hybridized carbons (Fsp3) is 0.350. The minimum absolute atomic E-state index is 0.0593. The zero-order chi connectivity index (χ0) is 21.4. The standard InChI is InChI=1S/C20H23F2NO6/c1-25-14-6-5-12(9-15(14)29-20(21)22)7-8-23-19(24)13-10-16(26-2)18(28-4)17(11-13)27-3/h5-6,9-11,20H,7-8H2,1-4H3,(H,23,24). The van der Waals surface area contributed by atoms with E-state index in [1.54, 1.807) is 18.2 Å². The van der Waals surface area contributed by atoms with E-state index in [1.165, 1.54) is 40.6 Å². The van der Waals surface area contributed by atoms with Crippen LogP contribution in [-0.4, -0.2) is 47.5 Å². The largest absolute Gasteiger partial charge is 0.493 e. The molecule has 0 fully saturated rings. The number of hydrogen-bond donors (Lipinski definition) is 1. The monoisotopic (exact) mass is 411 g/mol. The summed E-state index contributed by atoms with van der Waals surface area (Å²) in [6, 6.07) is 7.78. The van der Waals surface area contributed by atoms with Crippen molar-refractivity contribution in [1.82, 2.24) is 5.32 Å². The second-order valence-corrected chi connectivity index (χ2v) is 5.78. The molecule has 0 aliphatic rings. The minimum atomic E-state index is -2.96. The Morgan fingerprint density at radius 2 is 1.52 bits per heavy atom. The number of nitrogens with one attached hydrogen (secondary N) is 1. The van der Waals surface area contributed by atoms with Crippen molar-refractivity contribution < 1.29 is 37.3 Å². The first kappa shape index (κ1) is 22.1. The summed E-state index contributed by atoms with van der Waals surface area (Å²) in [4.78, 5) is 12.5. The normalized spacial score (nSPS) is 10.4. The number of amides is 1. The molecule has 2 rings (SSSR count). The number of carbonyl (C=O) groups is 1. The van der Waals surface area contributed by atoms with E-state index in [0.717, 1.165) is 0 Å². The summed E-state index contributed by atoms with van der Waals surface area (Å²) in [5, 5.41) is 2.77. The fourth-order valence-electron chi connectivity index (χ4n) is 2.70. The molecule has 2 aromatic carbocycles. The lowest BCUT2D eigenvalue weighted by atomic mass is 10.1. The van der Waals surface area contributed by atoms with Gasteiger partial charge in [0.15, 0.2) is 23.0 Å². The van der Waals surface area contributed by atoms with Gasteiger partial charge in [-0.25, -0.2) is 0 Å². The predicted molar refractivity (Wildman–Crippen MR) is 102 cm³/mol. The maximum atomic E-state index is 12.5. The van der Waals surface area contributed by atoms with Crippen molar-refractivity contribution >= 4 is 5.91 Å². The third-order valence-electron chi connectivity index (χ3n) is 4.07. The number of ether oxygens (including phenoxy) is 5. The van der Waals surface area contributed by atoms with E-state index in [0.29, 0.717) is 34.8 Å². The highest BCUT2D eigenvalue weighted by molar-refractivity contribution is 5.95. The van der Waals surface area contributed by atoms with E-state index in [1.807, 2.05) is 0 Å². The van der Waals surface area contributed by atoms with E-state index in [-0.39, 0.29) is 24.0 Å². The van der Waals surface area contributed by atoms with Crippen molar-refractivity contribution in [3.63, 3.8) is 0 Å². The van der Waals surface area contributed by atoms with Crippen LogP contribution in [0.5, 0.6) is 28.7 Å². The van der Waals surface area contributed by atoms with Gasteiger partial charge in [0.25, 0.3) is 5.91 Å². The van der Waals surface area contributed by atoms with Gasteiger partial charge in [-0.05, 0) is 36.2 Å². The van der Waals surface area contributed by atoms with Crippen LogP contribution in [0, 0.1) is 0 Å². The zero-order valence-corrected chi connectivity index (χ0v) is 16.6. The van der Waals surface area contributed by atoms with Gasteiger partial charge in [0.2, 0.25) is 5.75 Å². The molecule has 9 heteroatoms. The molecule has 0 aliphatic carbocycles. The van der Waals surface area contributed by atoms with Crippen molar-refractivity contribution in [2.75, 3.05) is 35.0 Å². The van der Waals surface area contributed by atoms with Crippen molar-refractivity contribution in [2.24, 2.45) is 0 Å². The molecule has 0 atom stereocenters. The SMILES string of the molecule is COc1ccc(CCNC(=O)c2cc(OC)c(OC)c(OC)c2)cc1OC(F)F. The van der Waals surface area contributed by atoms with Gasteiger partial charge >= 0.3 is 6.61 Å². The molecule has 0 saturated heterocycles. The highest BCUT2D eigenvalue weighted by Gasteiger charge is 2.17. The topological polar surface area (TPSA) is 75.3 Å². The van der Waals surface area contributed by atoms with Gasteiger partial charge < -0.3 is 29.0 Å². The molecule has 0 spiro atoms. The number of alkyl halides is 2. The summed E-state index contributed by atoms with van der Waals surface area (Å²) in [7, 11) is 5.76. The maximum Gasteiger partial charge on any atom is 0.387 e. The molecule has 0 aliphatic heterocycles. The lowest BCUT2D eigenvalue weighted by molar-refractivity contribution is -0.0512. The highest BCUT2D eigenvalue weighted by atomic mass is 19.3. The van der Waals surface area contributed by atoms with Gasteiger partial charge in [0.05, 0.1) is 28.4 Å². The molecular weight excluding hydrogens is 388 g/mol. The van der Waals surface area contributed by atoms with Crippen LogP contribution in [0.15, 0.2) is 30.3 Å². The third-order valence-corrected chi connectivity index (χ3v) is 4.07. The van der Waals surface area contributed by atoms with E-state index < -0.39 is 6.61 Å². The molecular formula is C20H23F2NO6. The highest BCUT2D eigenvalue weighted by Crippen LogP contribution is 2.38. The van der Waals surface area contributed by atoms with Gasteiger partial charge in [0.1, 0.15) is 0 Å². The van der Waals surface area contributed by atoms with Gasteiger partial charge in [-0.2, -0.15) is 8.78 Å². The van der Waals surface area contributed by atoms with Crippen molar-refractivity contribution in [2.45, 2.75) is 13.0 Å².